The fourth-order valence-corrected chi connectivity index (χ4v) is 1.59. The lowest BCUT2D eigenvalue weighted by Crippen LogP contribution is -2.37. The van der Waals surface area contributed by atoms with Crippen LogP contribution in [0.2, 0.25) is 0 Å². The summed E-state index contributed by atoms with van der Waals surface area (Å²) in [5.41, 5.74) is -0.264. The van der Waals surface area contributed by atoms with Crippen molar-refractivity contribution in [2.75, 3.05) is 31.2 Å². The fraction of sp³-hybridized carbons (Fsp3) is 0.400. The molecular formula is C10H9F4NO. The molecule has 0 saturated carbocycles. The Labute approximate surface area is 89.4 Å². The minimum Gasteiger partial charge on any atom is -0.378 e. The normalized spacial score (nSPS) is 16.6. The predicted octanol–water partition coefficient (Wildman–Crippen LogP) is 2.08. The zero-order valence-electron chi connectivity index (χ0n) is 8.27. The van der Waals surface area contributed by atoms with Crippen LogP contribution in [0.3, 0.4) is 0 Å². The second-order valence-electron chi connectivity index (χ2n) is 3.42. The second-order valence-corrected chi connectivity index (χ2v) is 3.42. The third-order valence-electron chi connectivity index (χ3n) is 2.44. The molecule has 1 aromatic rings. The van der Waals surface area contributed by atoms with Gasteiger partial charge >= 0.3 is 0 Å². The molecule has 0 aromatic heterocycles. The first-order valence-electron chi connectivity index (χ1n) is 4.77. The molecule has 0 N–H and O–H groups in total. The molecule has 0 aliphatic carbocycles. The molecule has 0 amide bonds. The second kappa shape index (κ2) is 4.29. The van der Waals surface area contributed by atoms with E-state index in [0.29, 0.717) is 32.4 Å². The highest BCUT2D eigenvalue weighted by molar-refractivity contribution is 5.49. The molecule has 1 saturated heterocycles. The monoisotopic (exact) mass is 235 g/mol. The van der Waals surface area contributed by atoms with Crippen LogP contribution in [-0.4, -0.2) is 26.3 Å². The molecule has 2 nitrogen and oxygen atoms in total. The van der Waals surface area contributed by atoms with Crippen LogP contribution in [0.5, 0.6) is 0 Å². The van der Waals surface area contributed by atoms with Gasteiger partial charge in [0, 0.05) is 19.2 Å². The van der Waals surface area contributed by atoms with E-state index in [2.05, 4.69) is 0 Å². The highest BCUT2D eigenvalue weighted by Gasteiger charge is 2.23. The Hall–Kier alpha value is -1.30. The topological polar surface area (TPSA) is 12.5 Å². The number of ether oxygens (including phenoxy) is 1. The highest BCUT2D eigenvalue weighted by Crippen LogP contribution is 2.26. The summed E-state index contributed by atoms with van der Waals surface area (Å²) >= 11 is 0. The van der Waals surface area contributed by atoms with E-state index in [1.807, 2.05) is 0 Å². The van der Waals surface area contributed by atoms with Crippen molar-refractivity contribution in [1.29, 1.82) is 0 Å². The molecular weight excluding hydrogens is 226 g/mol. The Bertz CT molecular complexity index is 404. The van der Waals surface area contributed by atoms with E-state index in [1.54, 1.807) is 0 Å². The molecule has 2 rings (SSSR count). The van der Waals surface area contributed by atoms with Crippen LogP contribution in [0.25, 0.3) is 0 Å². The largest absolute Gasteiger partial charge is 0.378 e. The molecule has 0 radical (unpaired) electrons. The van der Waals surface area contributed by atoms with Crippen molar-refractivity contribution in [2.45, 2.75) is 0 Å². The van der Waals surface area contributed by atoms with Crippen LogP contribution >= 0.6 is 0 Å². The molecule has 88 valence electrons. The summed E-state index contributed by atoms with van der Waals surface area (Å²) in [6.45, 7) is 1.34. The van der Waals surface area contributed by atoms with Crippen molar-refractivity contribution < 1.29 is 22.3 Å². The van der Waals surface area contributed by atoms with Gasteiger partial charge in [0.05, 0.1) is 18.9 Å². The number of halogens is 4. The first-order valence-corrected chi connectivity index (χ1v) is 4.77. The van der Waals surface area contributed by atoms with Gasteiger partial charge in [-0.05, 0) is 0 Å². The van der Waals surface area contributed by atoms with Gasteiger partial charge in [-0.15, -0.1) is 0 Å². The summed E-state index contributed by atoms with van der Waals surface area (Å²) < 4.78 is 57.0. The van der Waals surface area contributed by atoms with Crippen molar-refractivity contribution in [1.82, 2.24) is 0 Å². The Morgan fingerprint density at radius 2 is 1.56 bits per heavy atom. The number of anilines is 1. The van der Waals surface area contributed by atoms with Crippen molar-refractivity contribution in [3.63, 3.8) is 0 Å². The number of benzene rings is 1. The minimum absolute atomic E-state index is 0.264. The van der Waals surface area contributed by atoms with Gasteiger partial charge in [0.1, 0.15) is 0 Å². The Morgan fingerprint density at radius 1 is 0.938 bits per heavy atom. The molecule has 1 aromatic carbocycles. The van der Waals surface area contributed by atoms with Gasteiger partial charge in [0.15, 0.2) is 23.3 Å². The van der Waals surface area contributed by atoms with E-state index in [9.17, 15) is 17.6 Å². The van der Waals surface area contributed by atoms with E-state index in [1.165, 1.54) is 4.90 Å². The molecule has 1 fully saturated rings. The van der Waals surface area contributed by atoms with E-state index in [-0.39, 0.29) is 5.69 Å². The number of nitrogens with zero attached hydrogens (tertiary/aromatic N) is 1. The first-order chi connectivity index (χ1) is 7.61. The smallest absolute Gasteiger partial charge is 0.199 e. The lowest BCUT2D eigenvalue weighted by molar-refractivity contribution is 0.122. The molecule has 0 bridgehead atoms. The zero-order chi connectivity index (χ0) is 11.7. The maximum atomic E-state index is 13.4. The Morgan fingerprint density at radius 3 is 2.19 bits per heavy atom. The van der Waals surface area contributed by atoms with E-state index in [0.717, 1.165) is 0 Å². The SMILES string of the molecule is Fc1cc(N2CCOCC2)c(F)c(F)c1F. The van der Waals surface area contributed by atoms with E-state index < -0.39 is 23.3 Å². The van der Waals surface area contributed by atoms with Crippen LogP contribution in [-0.2, 0) is 4.74 Å². The van der Waals surface area contributed by atoms with Gasteiger partial charge in [-0.2, -0.15) is 0 Å². The summed E-state index contributed by atoms with van der Waals surface area (Å²) in [6.07, 6.45) is 0. The minimum atomic E-state index is -1.78. The quantitative estimate of drug-likeness (QED) is 0.420. The van der Waals surface area contributed by atoms with Crippen LogP contribution in [0.4, 0.5) is 23.2 Å². The summed E-state index contributed by atoms with van der Waals surface area (Å²) in [5.74, 6) is -6.31. The van der Waals surface area contributed by atoms with Crippen LogP contribution < -0.4 is 4.90 Å². The molecule has 1 aliphatic heterocycles. The maximum absolute atomic E-state index is 13.4. The maximum Gasteiger partial charge on any atom is 0.199 e. The number of rotatable bonds is 1. The Balaban J connectivity index is 2.40. The van der Waals surface area contributed by atoms with Gasteiger partial charge in [0.2, 0.25) is 0 Å². The summed E-state index contributed by atoms with van der Waals surface area (Å²) in [7, 11) is 0. The number of hydrogen-bond acceptors (Lipinski definition) is 2. The summed E-state index contributed by atoms with van der Waals surface area (Å²) in [6, 6.07) is 0.666. The molecule has 6 heteroatoms. The third-order valence-corrected chi connectivity index (χ3v) is 2.44. The molecule has 0 spiro atoms. The Kier molecular flexibility index (Phi) is 3.00. The van der Waals surface area contributed by atoms with Crippen molar-refractivity contribution in [2.24, 2.45) is 0 Å². The first kappa shape index (κ1) is 11.2. The molecule has 16 heavy (non-hydrogen) atoms. The predicted molar refractivity (Wildman–Crippen MR) is 49.3 cm³/mol. The van der Waals surface area contributed by atoms with Gasteiger partial charge in [0.25, 0.3) is 0 Å². The molecule has 0 atom stereocenters. The zero-order valence-corrected chi connectivity index (χ0v) is 8.27. The number of hydrogen-bond donors (Lipinski definition) is 0. The standard InChI is InChI=1S/C10H9F4NO/c11-6-5-7(9(13)10(14)8(6)12)15-1-3-16-4-2-15/h5H,1-4H2. The molecule has 0 unspecified atom stereocenters. The van der Waals surface area contributed by atoms with Crippen molar-refractivity contribution in [3.8, 4) is 0 Å². The highest BCUT2D eigenvalue weighted by atomic mass is 19.2. The van der Waals surface area contributed by atoms with Crippen molar-refractivity contribution >= 4 is 5.69 Å². The van der Waals surface area contributed by atoms with E-state index in [4.69, 9.17) is 4.74 Å². The van der Waals surface area contributed by atoms with Crippen molar-refractivity contribution in [3.05, 3.63) is 29.3 Å². The van der Waals surface area contributed by atoms with Gasteiger partial charge in [-0.25, -0.2) is 17.6 Å². The molecule has 1 aliphatic rings. The molecule has 1 heterocycles. The van der Waals surface area contributed by atoms with Gasteiger partial charge in [-0.3, -0.25) is 0 Å². The third kappa shape index (κ3) is 1.84. The van der Waals surface area contributed by atoms with Crippen LogP contribution in [0.1, 0.15) is 0 Å². The average Bonchev–Trinajstić information content (AvgIpc) is 2.32. The van der Waals surface area contributed by atoms with Crippen LogP contribution in [0, 0.1) is 23.3 Å². The lowest BCUT2D eigenvalue weighted by Gasteiger charge is -2.29. The van der Waals surface area contributed by atoms with Gasteiger partial charge < -0.3 is 9.64 Å². The van der Waals surface area contributed by atoms with E-state index >= 15 is 0 Å². The summed E-state index contributed by atoms with van der Waals surface area (Å²) in [5, 5.41) is 0. The number of morpholine rings is 1. The summed E-state index contributed by atoms with van der Waals surface area (Å²) in [4.78, 5) is 1.42. The fourth-order valence-electron chi connectivity index (χ4n) is 1.59. The average molecular weight is 235 g/mol. The van der Waals surface area contributed by atoms with Crippen LogP contribution in [0.15, 0.2) is 6.07 Å². The van der Waals surface area contributed by atoms with Gasteiger partial charge in [-0.1, -0.05) is 0 Å². The lowest BCUT2D eigenvalue weighted by atomic mass is 10.2.